The molecule has 2 aromatic heterocycles. The highest BCUT2D eigenvalue weighted by Crippen LogP contribution is 2.24. The molecule has 5 rings (SSSR count). The summed E-state index contributed by atoms with van der Waals surface area (Å²) in [5.74, 6) is 0.928. The van der Waals surface area contributed by atoms with E-state index in [0.717, 1.165) is 42.6 Å². The van der Waals surface area contributed by atoms with Gasteiger partial charge in [0.25, 0.3) is 0 Å². The molecule has 4 aromatic rings. The molecule has 34 heavy (non-hydrogen) atoms. The second kappa shape index (κ2) is 9.36. The number of ether oxygens (including phenoxy) is 1. The molecule has 0 spiro atoms. The van der Waals surface area contributed by atoms with E-state index < -0.39 is 0 Å². The number of carbonyl (C=O) groups is 1. The fourth-order valence-corrected chi connectivity index (χ4v) is 4.31. The first-order valence-corrected chi connectivity index (χ1v) is 11.4. The number of benzene rings is 2. The lowest BCUT2D eigenvalue weighted by Gasteiger charge is -2.36. The van der Waals surface area contributed by atoms with Crippen LogP contribution >= 0.6 is 0 Å². The summed E-state index contributed by atoms with van der Waals surface area (Å²) in [6.45, 7) is 8.48. The Morgan fingerprint density at radius 2 is 1.88 bits per heavy atom. The van der Waals surface area contributed by atoms with E-state index in [0.29, 0.717) is 23.9 Å². The largest absolute Gasteiger partial charge is 0.465 e. The van der Waals surface area contributed by atoms with Gasteiger partial charge in [-0.25, -0.2) is 4.79 Å². The molecule has 0 saturated carbocycles. The summed E-state index contributed by atoms with van der Waals surface area (Å²) in [5, 5.41) is 9.64. The molecule has 1 atom stereocenters. The molecule has 9 nitrogen and oxygen atoms in total. The molecule has 1 aliphatic rings. The zero-order valence-electron chi connectivity index (χ0n) is 19.6. The number of hydrogen-bond acceptors (Lipinski definition) is 8. The summed E-state index contributed by atoms with van der Waals surface area (Å²) >= 11 is 0. The first-order chi connectivity index (χ1) is 16.5. The zero-order valence-corrected chi connectivity index (χ0v) is 19.6. The smallest absolute Gasteiger partial charge is 0.337 e. The molecular formula is C25H28N6O3. The van der Waals surface area contributed by atoms with E-state index in [1.165, 1.54) is 12.7 Å². The van der Waals surface area contributed by atoms with E-state index >= 15 is 0 Å². The molecule has 0 amide bonds. The quantitative estimate of drug-likeness (QED) is 0.404. The lowest BCUT2D eigenvalue weighted by molar-refractivity contribution is 0.0601. The molecule has 0 aliphatic carbocycles. The Hall–Kier alpha value is -3.56. The van der Waals surface area contributed by atoms with Crippen LogP contribution in [-0.2, 0) is 11.4 Å². The van der Waals surface area contributed by atoms with Gasteiger partial charge < -0.3 is 9.26 Å². The van der Waals surface area contributed by atoms with Crippen molar-refractivity contribution in [2.75, 3.05) is 33.3 Å². The maximum Gasteiger partial charge on any atom is 0.337 e. The van der Waals surface area contributed by atoms with Gasteiger partial charge in [0.15, 0.2) is 0 Å². The Morgan fingerprint density at radius 3 is 2.62 bits per heavy atom. The standard InChI is InChI=1S/C25H28N6O3/c1-17-4-6-19(7-5-17)23-27-24(34-28-23)18(2)30-12-10-29(11-13-30)16-31-22-9-8-20(25(32)33-3)14-21(22)15-26-31/h4-9,14-15,18H,10-13,16H2,1-3H3. The van der Waals surface area contributed by atoms with Crippen LogP contribution in [0.3, 0.4) is 0 Å². The van der Waals surface area contributed by atoms with Crippen LogP contribution in [0.2, 0.25) is 0 Å². The minimum atomic E-state index is -0.341. The van der Waals surface area contributed by atoms with Crippen LogP contribution in [0.1, 0.15) is 34.8 Å². The maximum absolute atomic E-state index is 11.8. The van der Waals surface area contributed by atoms with Gasteiger partial charge >= 0.3 is 5.97 Å². The SMILES string of the molecule is COC(=O)c1ccc2c(cnn2CN2CCN(C(C)c3nc(-c4ccc(C)cc4)no3)CC2)c1. The minimum absolute atomic E-state index is 0.0520. The molecule has 3 heterocycles. The van der Waals surface area contributed by atoms with Crippen molar-refractivity contribution < 1.29 is 14.1 Å². The minimum Gasteiger partial charge on any atom is -0.465 e. The van der Waals surface area contributed by atoms with Gasteiger partial charge in [-0.2, -0.15) is 10.1 Å². The summed E-state index contributed by atoms with van der Waals surface area (Å²) < 4.78 is 12.4. The van der Waals surface area contributed by atoms with Gasteiger partial charge in [0, 0.05) is 37.1 Å². The maximum atomic E-state index is 11.8. The number of rotatable bonds is 6. The summed E-state index contributed by atoms with van der Waals surface area (Å²) in [4.78, 5) is 21.2. The van der Waals surface area contributed by atoms with Crippen LogP contribution in [-0.4, -0.2) is 69.0 Å². The fraction of sp³-hybridized carbons (Fsp3) is 0.360. The van der Waals surface area contributed by atoms with E-state index in [4.69, 9.17) is 9.26 Å². The normalized spacial score (nSPS) is 16.1. The molecule has 2 aromatic carbocycles. The van der Waals surface area contributed by atoms with Crippen molar-refractivity contribution in [2.45, 2.75) is 26.6 Å². The van der Waals surface area contributed by atoms with Crippen LogP contribution in [0, 0.1) is 6.92 Å². The van der Waals surface area contributed by atoms with Crippen molar-refractivity contribution in [3.05, 3.63) is 65.7 Å². The molecule has 176 valence electrons. The lowest BCUT2D eigenvalue weighted by atomic mass is 10.1. The number of aromatic nitrogens is 4. The summed E-state index contributed by atoms with van der Waals surface area (Å²) in [5.41, 5.74) is 3.69. The fourth-order valence-electron chi connectivity index (χ4n) is 4.31. The van der Waals surface area contributed by atoms with Gasteiger partial charge in [0.2, 0.25) is 11.7 Å². The van der Waals surface area contributed by atoms with Crippen molar-refractivity contribution >= 4 is 16.9 Å². The van der Waals surface area contributed by atoms with E-state index in [2.05, 4.69) is 51.0 Å². The van der Waals surface area contributed by atoms with Crippen LogP contribution in [0.4, 0.5) is 0 Å². The van der Waals surface area contributed by atoms with Crippen molar-refractivity contribution in [1.29, 1.82) is 0 Å². The predicted molar refractivity (Wildman–Crippen MR) is 127 cm³/mol. The third kappa shape index (κ3) is 4.44. The van der Waals surface area contributed by atoms with E-state index in [1.54, 1.807) is 12.3 Å². The second-order valence-corrected chi connectivity index (χ2v) is 8.70. The number of methoxy groups -OCH3 is 1. The van der Waals surface area contributed by atoms with Crippen molar-refractivity contribution in [3.63, 3.8) is 0 Å². The Bertz CT molecular complexity index is 1290. The van der Waals surface area contributed by atoms with Crippen LogP contribution in [0.25, 0.3) is 22.3 Å². The first-order valence-electron chi connectivity index (χ1n) is 11.4. The molecule has 0 radical (unpaired) electrons. The van der Waals surface area contributed by atoms with Gasteiger partial charge in [-0.15, -0.1) is 0 Å². The van der Waals surface area contributed by atoms with Crippen molar-refractivity contribution in [3.8, 4) is 11.4 Å². The van der Waals surface area contributed by atoms with Gasteiger partial charge in [0.1, 0.15) is 0 Å². The third-order valence-corrected chi connectivity index (χ3v) is 6.46. The molecule has 0 N–H and O–H groups in total. The van der Waals surface area contributed by atoms with Gasteiger partial charge in [-0.05, 0) is 32.0 Å². The lowest BCUT2D eigenvalue weighted by Crippen LogP contribution is -2.47. The Morgan fingerprint density at radius 1 is 1.12 bits per heavy atom. The monoisotopic (exact) mass is 460 g/mol. The topological polar surface area (TPSA) is 89.5 Å². The average Bonchev–Trinajstić information content (AvgIpc) is 3.51. The van der Waals surface area contributed by atoms with Crippen LogP contribution < -0.4 is 0 Å². The van der Waals surface area contributed by atoms with Gasteiger partial charge in [0.05, 0.1) is 37.1 Å². The number of nitrogens with zero attached hydrogens (tertiary/aromatic N) is 6. The number of esters is 1. The Labute approximate surface area is 197 Å². The highest BCUT2D eigenvalue weighted by molar-refractivity contribution is 5.94. The predicted octanol–water partition coefficient (Wildman–Crippen LogP) is 3.52. The number of hydrogen-bond donors (Lipinski definition) is 0. The molecule has 1 saturated heterocycles. The van der Waals surface area contributed by atoms with Crippen LogP contribution in [0.15, 0.2) is 53.2 Å². The highest BCUT2D eigenvalue weighted by Gasteiger charge is 2.26. The molecular weight excluding hydrogens is 432 g/mol. The zero-order chi connectivity index (χ0) is 23.7. The van der Waals surface area contributed by atoms with Crippen LogP contribution in [0.5, 0.6) is 0 Å². The van der Waals surface area contributed by atoms with E-state index in [1.807, 2.05) is 28.9 Å². The number of fused-ring (bicyclic) bond motifs is 1. The van der Waals surface area contributed by atoms with E-state index in [9.17, 15) is 4.79 Å². The molecule has 9 heteroatoms. The van der Waals surface area contributed by atoms with Gasteiger partial charge in [-0.3, -0.25) is 14.5 Å². The summed E-state index contributed by atoms with van der Waals surface area (Å²) in [6.07, 6.45) is 1.79. The third-order valence-electron chi connectivity index (χ3n) is 6.46. The molecule has 1 aliphatic heterocycles. The summed E-state index contributed by atoms with van der Waals surface area (Å²) in [7, 11) is 1.39. The number of piperazine rings is 1. The first kappa shape index (κ1) is 22.2. The Balaban J connectivity index is 1.20. The summed E-state index contributed by atoms with van der Waals surface area (Å²) in [6, 6.07) is 13.7. The Kier molecular flexibility index (Phi) is 6.12. The van der Waals surface area contributed by atoms with Gasteiger partial charge in [-0.1, -0.05) is 35.0 Å². The molecule has 1 fully saturated rings. The highest BCUT2D eigenvalue weighted by atomic mass is 16.5. The average molecular weight is 461 g/mol. The number of carbonyl (C=O) groups excluding carboxylic acids is 1. The molecule has 0 bridgehead atoms. The number of aryl methyl sites for hydroxylation is 1. The van der Waals surface area contributed by atoms with Crippen molar-refractivity contribution in [1.82, 2.24) is 29.7 Å². The second-order valence-electron chi connectivity index (χ2n) is 8.70. The van der Waals surface area contributed by atoms with E-state index in [-0.39, 0.29) is 12.0 Å². The van der Waals surface area contributed by atoms with Crippen molar-refractivity contribution in [2.24, 2.45) is 0 Å². The molecule has 1 unspecified atom stereocenters.